The molecule has 0 unspecified atom stereocenters. The zero-order valence-electron chi connectivity index (χ0n) is 15.5. The SMILES string of the molecule is O=C(CN1CCN(C(=O)c2cc3cc(F)ccc3s2)CC1)Nc1ccc(F)cc1. The summed E-state index contributed by atoms with van der Waals surface area (Å²) in [5.74, 6) is -0.917. The highest BCUT2D eigenvalue weighted by molar-refractivity contribution is 7.20. The van der Waals surface area contributed by atoms with Crippen molar-refractivity contribution in [1.82, 2.24) is 9.80 Å². The van der Waals surface area contributed by atoms with E-state index in [0.717, 1.165) is 10.1 Å². The van der Waals surface area contributed by atoms with Crippen molar-refractivity contribution in [2.75, 3.05) is 38.0 Å². The summed E-state index contributed by atoms with van der Waals surface area (Å²) in [5.41, 5.74) is 0.548. The molecular weight excluding hydrogens is 396 g/mol. The number of halogens is 2. The van der Waals surface area contributed by atoms with Gasteiger partial charge in [-0.3, -0.25) is 14.5 Å². The molecule has 0 saturated carbocycles. The maximum atomic E-state index is 13.4. The van der Waals surface area contributed by atoms with E-state index in [1.807, 2.05) is 4.90 Å². The molecule has 1 aliphatic rings. The van der Waals surface area contributed by atoms with E-state index in [0.29, 0.717) is 36.7 Å². The number of nitrogens with zero attached hydrogens (tertiary/aromatic N) is 2. The van der Waals surface area contributed by atoms with Crippen molar-refractivity contribution in [3.8, 4) is 0 Å². The molecule has 0 bridgehead atoms. The Labute approximate surface area is 170 Å². The highest BCUT2D eigenvalue weighted by Gasteiger charge is 2.24. The zero-order chi connectivity index (χ0) is 20.4. The number of piperazine rings is 1. The third kappa shape index (κ3) is 4.60. The Bertz CT molecular complexity index is 1040. The molecule has 0 aliphatic carbocycles. The van der Waals surface area contributed by atoms with Crippen LogP contribution in [0.15, 0.2) is 48.5 Å². The standard InChI is InChI=1S/C21H19F2N3O2S/c22-15-1-4-17(5-2-15)24-20(27)13-25-7-9-26(10-8-25)21(28)19-12-14-11-16(23)3-6-18(14)29-19/h1-6,11-12H,7-10,13H2,(H,24,27). The molecule has 2 aromatic carbocycles. The van der Waals surface area contributed by atoms with Gasteiger partial charge in [0.1, 0.15) is 11.6 Å². The normalized spacial score (nSPS) is 14.9. The van der Waals surface area contributed by atoms with Crippen LogP contribution in [0.2, 0.25) is 0 Å². The van der Waals surface area contributed by atoms with Crippen molar-refractivity contribution in [3.63, 3.8) is 0 Å². The van der Waals surface area contributed by atoms with E-state index < -0.39 is 0 Å². The number of fused-ring (bicyclic) bond motifs is 1. The molecular formula is C21H19F2N3O2S. The van der Waals surface area contributed by atoms with Gasteiger partial charge in [0.05, 0.1) is 11.4 Å². The molecule has 0 spiro atoms. The smallest absolute Gasteiger partial charge is 0.264 e. The first-order valence-corrected chi connectivity index (χ1v) is 10.1. The Kier molecular flexibility index (Phi) is 5.55. The minimum atomic E-state index is -0.354. The van der Waals surface area contributed by atoms with Crippen LogP contribution in [0.3, 0.4) is 0 Å². The largest absolute Gasteiger partial charge is 0.335 e. The number of anilines is 1. The third-order valence-corrected chi connectivity index (χ3v) is 5.95. The van der Waals surface area contributed by atoms with Crippen molar-refractivity contribution < 1.29 is 18.4 Å². The topological polar surface area (TPSA) is 52.7 Å². The number of carbonyl (C=O) groups is 2. The van der Waals surface area contributed by atoms with Crippen LogP contribution in [0.25, 0.3) is 10.1 Å². The van der Waals surface area contributed by atoms with E-state index in [4.69, 9.17) is 0 Å². The summed E-state index contributed by atoms with van der Waals surface area (Å²) in [6, 6.07) is 11.9. The lowest BCUT2D eigenvalue weighted by atomic mass is 10.2. The molecule has 1 saturated heterocycles. The van der Waals surface area contributed by atoms with Gasteiger partial charge in [0.25, 0.3) is 5.91 Å². The van der Waals surface area contributed by atoms with Gasteiger partial charge in [-0.25, -0.2) is 8.78 Å². The fraction of sp³-hybridized carbons (Fsp3) is 0.238. The van der Waals surface area contributed by atoms with Crippen molar-refractivity contribution in [2.45, 2.75) is 0 Å². The first kappa shape index (κ1) is 19.5. The van der Waals surface area contributed by atoms with Crippen LogP contribution in [0.5, 0.6) is 0 Å². The second kappa shape index (κ2) is 8.26. The van der Waals surface area contributed by atoms with Gasteiger partial charge in [-0.1, -0.05) is 0 Å². The average Bonchev–Trinajstić information content (AvgIpc) is 3.13. The summed E-state index contributed by atoms with van der Waals surface area (Å²) in [7, 11) is 0. The van der Waals surface area contributed by atoms with Crippen LogP contribution in [0.1, 0.15) is 9.67 Å². The fourth-order valence-corrected chi connectivity index (χ4v) is 4.33. The number of amides is 2. The van der Waals surface area contributed by atoms with Gasteiger partial charge in [0.2, 0.25) is 5.91 Å². The van der Waals surface area contributed by atoms with Gasteiger partial charge in [-0.05, 0) is 53.9 Å². The first-order chi connectivity index (χ1) is 14.0. The quantitative estimate of drug-likeness (QED) is 0.709. The summed E-state index contributed by atoms with van der Waals surface area (Å²) in [6.45, 7) is 2.42. The predicted octanol–water partition coefficient (Wildman–Crippen LogP) is 3.58. The van der Waals surface area contributed by atoms with Gasteiger partial charge < -0.3 is 10.2 Å². The molecule has 2 heterocycles. The molecule has 150 valence electrons. The van der Waals surface area contributed by atoms with Crippen molar-refractivity contribution >= 4 is 38.9 Å². The van der Waals surface area contributed by atoms with E-state index in [1.54, 1.807) is 17.0 Å². The highest BCUT2D eigenvalue weighted by Crippen LogP contribution is 2.27. The van der Waals surface area contributed by atoms with Gasteiger partial charge in [-0.15, -0.1) is 11.3 Å². The Morgan fingerprint density at radius 2 is 1.62 bits per heavy atom. The maximum Gasteiger partial charge on any atom is 0.264 e. The molecule has 5 nitrogen and oxygen atoms in total. The number of carbonyl (C=O) groups excluding carboxylic acids is 2. The zero-order valence-corrected chi connectivity index (χ0v) is 16.3. The van der Waals surface area contributed by atoms with Crippen LogP contribution < -0.4 is 5.32 Å². The minimum Gasteiger partial charge on any atom is -0.335 e. The Hall–Kier alpha value is -2.84. The van der Waals surface area contributed by atoms with Crippen LogP contribution in [0, 0.1) is 11.6 Å². The Morgan fingerprint density at radius 3 is 2.34 bits per heavy atom. The monoisotopic (exact) mass is 415 g/mol. The summed E-state index contributed by atoms with van der Waals surface area (Å²) in [5, 5.41) is 3.47. The Morgan fingerprint density at radius 1 is 0.931 bits per heavy atom. The molecule has 0 radical (unpaired) electrons. The molecule has 1 aromatic heterocycles. The van der Waals surface area contributed by atoms with E-state index >= 15 is 0 Å². The molecule has 1 fully saturated rings. The average molecular weight is 415 g/mol. The van der Waals surface area contributed by atoms with Crippen molar-refractivity contribution in [2.24, 2.45) is 0 Å². The van der Waals surface area contributed by atoms with Gasteiger partial charge in [0.15, 0.2) is 0 Å². The molecule has 29 heavy (non-hydrogen) atoms. The number of thiophene rings is 1. The number of hydrogen-bond acceptors (Lipinski definition) is 4. The van der Waals surface area contributed by atoms with Gasteiger partial charge in [0, 0.05) is 36.6 Å². The highest BCUT2D eigenvalue weighted by atomic mass is 32.1. The number of hydrogen-bond donors (Lipinski definition) is 1. The summed E-state index contributed by atoms with van der Waals surface area (Å²) in [6.07, 6.45) is 0. The van der Waals surface area contributed by atoms with Gasteiger partial charge in [-0.2, -0.15) is 0 Å². The molecule has 4 rings (SSSR count). The lowest BCUT2D eigenvalue weighted by Crippen LogP contribution is -2.50. The van der Waals surface area contributed by atoms with Crippen LogP contribution in [-0.2, 0) is 4.79 Å². The third-order valence-electron chi connectivity index (χ3n) is 4.84. The maximum absolute atomic E-state index is 13.4. The molecule has 1 aliphatic heterocycles. The molecule has 1 N–H and O–H groups in total. The number of nitrogens with one attached hydrogen (secondary N) is 1. The fourth-order valence-electron chi connectivity index (χ4n) is 3.32. The van der Waals surface area contributed by atoms with Crippen LogP contribution in [-0.4, -0.2) is 54.3 Å². The van der Waals surface area contributed by atoms with Gasteiger partial charge >= 0.3 is 0 Å². The van der Waals surface area contributed by atoms with E-state index in [-0.39, 0.29) is 30.0 Å². The van der Waals surface area contributed by atoms with Crippen molar-refractivity contribution in [3.05, 3.63) is 65.0 Å². The van der Waals surface area contributed by atoms with E-state index in [2.05, 4.69) is 5.32 Å². The number of rotatable bonds is 4. The molecule has 3 aromatic rings. The lowest BCUT2D eigenvalue weighted by Gasteiger charge is -2.34. The predicted molar refractivity (Wildman–Crippen MR) is 109 cm³/mol. The van der Waals surface area contributed by atoms with E-state index in [9.17, 15) is 18.4 Å². The van der Waals surface area contributed by atoms with Crippen LogP contribution in [0.4, 0.5) is 14.5 Å². The lowest BCUT2D eigenvalue weighted by molar-refractivity contribution is -0.117. The second-order valence-electron chi connectivity index (χ2n) is 6.92. The van der Waals surface area contributed by atoms with Crippen molar-refractivity contribution in [1.29, 1.82) is 0 Å². The molecule has 0 atom stereocenters. The summed E-state index contributed by atoms with van der Waals surface area (Å²) in [4.78, 5) is 29.3. The Balaban J connectivity index is 1.30. The molecule has 2 amide bonds. The summed E-state index contributed by atoms with van der Waals surface area (Å²) < 4.78 is 27.2. The van der Waals surface area contributed by atoms with Crippen LogP contribution >= 0.6 is 11.3 Å². The minimum absolute atomic E-state index is 0.0676. The second-order valence-corrected chi connectivity index (χ2v) is 8.00. The van der Waals surface area contributed by atoms with E-state index in [1.165, 1.54) is 47.7 Å². The number of benzene rings is 2. The first-order valence-electron chi connectivity index (χ1n) is 9.24. The molecule has 8 heteroatoms. The summed E-state index contributed by atoms with van der Waals surface area (Å²) >= 11 is 1.36.